The van der Waals surface area contributed by atoms with E-state index < -0.39 is 0 Å². The molecule has 0 bridgehead atoms. The Morgan fingerprint density at radius 1 is 1.29 bits per heavy atom. The molecule has 1 N–H and O–H groups in total. The SMILES string of the molecule is CCCOC1C(NCC)CC1Oc1cc(Cl)c(Br)cc1Cl. The van der Waals surface area contributed by atoms with Crippen LogP contribution in [0.4, 0.5) is 0 Å². The van der Waals surface area contributed by atoms with E-state index in [2.05, 4.69) is 35.1 Å². The van der Waals surface area contributed by atoms with Crippen molar-refractivity contribution in [2.45, 2.75) is 44.9 Å². The molecule has 1 saturated carbocycles. The van der Waals surface area contributed by atoms with Gasteiger partial charge in [-0.2, -0.15) is 0 Å². The van der Waals surface area contributed by atoms with Gasteiger partial charge < -0.3 is 14.8 Å². The van der Waals surface area contributed by atoms with Gasteiger partial charge in [-0.25, -0.2) is 0 Å². The van der Waals surface area contributed by atoms with Crippen molar-refractivity contribution < 1.29 is 9.47 Å². The molecule has 21 heavy (non-hydrogen) atoms. The fourth-order valence-electron chi connectivity index (χ4n) is 2.39. The average molecular weight is 397 g/mol. The molecule has 0 amide bonds. The summed E-state index contributed by atoms with van der Waals surface area (Å²) in [6.07, 6.45) is 1.97. The van der Waals surface area contributed by atoms with E-state index in [1.807, 2.05) is 0 Å². The summed E-state index contributed by atoms with van der Waals surface area (Å²) in [6, 6.07) is 3.84. The average Bonchev–Trinajstić information content (AvgIpc) is 2.43. The molecule has 0 aromatic heterocycles. The van der Waals surface area contributed by atoms with Crippen LogP contribution in [0.1, 0.15) is 26.7 Å². The van der Waals surface area contributed by atoms with Gasteiger partial charge in [-0.05, 0) is 35.0 Å². The highest BCUT2D eigenvalue weighted by atomic mass is 79.9. The lowest BCUT2D eigenvalue weighted by Crippen LogP contribution is -2.61. The van der Waals surface area contributed by atoms with Gasteiger partial charge in [0.2, 0.25) is 0 Å². The smallest absolute Gasteiger partial charge is 0.140 e. The van der Waals surface area contributed by atoms with Gasteiger partial charge in [-0.15, -0.1) is 0 Å². The Hall–Kier alpha value is -0.0000000000000000555. The first kappa shape index (κ1) is 17.4. The summed E-state index contributed by atoms with van der Waals surface area (Å²) < 4.78 is 12.7. The molecule has 1 fully saturated rings. The molecule has 0 aliphatic heterocycles. The van der Waals surface area contributed by atoms with Crippen LogP contribution >= 0.6 is 39.1 Å². The van der Waals surface area contributed by atoms with Crippen LogP contribution in [0.5, 0.6) is 5.75 Å². The minimum Gasteiger partial charge on any atom is -0.486 e. The van der Waals surface area contributed by atoms with Gasteiger partial charge in [0.05, 0.1) is 10.0 Å². The van der Waals surface area contributed by atoms with Crippen molar-refractivity contribution >= 4 is 39.1 Å². The zero-order chi connectivity index (χ0) is 15.4. The third-order valence-corrected chi connectivity index (χ3v) is 4.98. The molecular weight excluding hydrogens is 377 g/mol. The van der Waals surface area contributed by atoms with Crippen molar-refractivity contribution in [3.63, 3.8) is 0 Å². The maximum atomic E-state index is 6.21. The van der Waals surface area contributed by atoms with Gasteiger partial charge in [0, 0.05) is 29.6 Å². The fourth-order valence-corrected chi connectivity index (χ4v) is 3.23. The summed E-state index contributed by atoms with van der Waals surface area (Å²) in [7, 11) is 0. The van der Waals surface area contributed by atoms with Crippen LogP contribution in [0.15, 0.2) is 16.6 Å². The van der Waals surface area contributed by atoms with Crippen molar-refractivity contribution in [3.05, 3.63) is 26.7 Å². The first-order chi connectivity index (χ1) is 10.1. The van der Waals surface area contributed by atoms with Gasteiger partial charge in [-0.3, -0.25) is 0 Å². The Balaban J connectivity index is 2.03. The topological polar surface area (TPSA) is 30.5 Å². The molecule has 1 aromatic rings. The highest BCUT2D eigenvalue weighted by molar-refractivity contribution is 9.10. The number of hydrogen-bond donors (Lipinski definition) is 1. The molecule has 1 aromatic carbocycles. The van der Waals surface area contributed by atoms with E-state index in [0.717, 1.165) is 30.5 Å². The van der Waals surface area contributed by atoms with E-state index in [1.165, 1.54) is 0 Å². The Kier molecular flexibility index (Phi) is 6.63. The molecule has 0 heterocycles. The second-order valence-electron chi connectivity index (χ2n) is 5.09. The Labute approximate surface area is 144 Å². The van der Waals surface area contributed by atoms with Crippen LogP contribution < -0.4 is 10.1 Å². The lowest BCUT2D eigenvalue weighted by atomic mass is 9.85. The van der Waals surface area contributed by atoms with Crippen LogP contribution in [0.25, 0.3) is 0 Å². The molecule has 3 unspecified atom stereocenters. The largest absolute Gasteiger partial charge is 0.486 e. The van der Waals surface area contributed by atoms with Crippen molar-refractivity contribution in [1.82, 2.24) is 5.32 Å². The Morgan fingerprint density at radius 3 is 2.71 bits per heavy atom. The summed E-state index contributed by atoms with van der Waals surface area (Å²) >= 11 is 15.7. The molecule has 0 radical (unpaired) electrons. The maximum Gasteiger partial charge on any atom is 0.140 e. The normalized spacial score (nSPS) is 24.7. The third kappa shape index (κ3) is 4.26. The highest BCUT2D eigenvalue weighted by Gasteiger charge is 2.43. The van der Waals surface area contributed by atoms with Gasteiger partial charge in [0.25, 0.3) is 0 Å². The van der Waals surface area contributed by atoms with Gasteiger partial charge in [0.15, 0.2) is 0 Å². The van der Waals surface area contributed by atoms with E-state index in [1.54, 1.807) is 12.1 Å². The zero-order valence-corrected chi connectivity index (χ0v) is 15.3. The second-order valence-corrected chi connectivity index (χ2v) is 6.76. The molecule has 6 heteroatoms. The van der Waals surface area contributed by atoms with E-state index in [9.17, 15) is 0 Å². The summed E-state index contributed by atoms with van der Waals surface area (Å²) in [6.45, 7) is 5.86. The van der Waals surface area contributed by atoms with Crippen molar-refractivity contribution in [1.29, 1.82) is 0 Å². The highest BCUT2D eigenvalue weighted by Crippen LogP contribution is 2.37. The fraction of sp³-hybridized carbons (Fsp3) is 0.600. The number of benzene rings is 1. The molecule has 0 saturated heterocycles. The van der Waals surface area contributed by atoms with E-state index in [-0.39, 0.29) is 12.2 Å². The molecule has 3 atom stereocenters. The molecule has 3 nitrogen and oxygen atoms in total. The predicted molar refractivity (Wildman–Crippen MR) is 90.7 cm³/mol. The number of nitrogens with one attached hydrogen (secondary N) is 1. The number of likely N-dealkylation sites (N-methyl/N-ethyl adjacent to an activating group) is 1. The summed E-state index contributed by atoms with van der Waals surface area (Å²) in [5.41, 5.74) is 0. The molecule has 1 aliphatic rings. The third-order valence-electron chi connectivity index (χ3n) is 3.48. The minimum absolute atomic E-state index is 0.00958. The van der Waals surface area contributed by atoms with Crippen molar-refractivity contribution in [2.75, 3.05) is 13.2 Å². The van der Waals surface area contributed by atoms with Crippen LogP contribution in [0, 0.1) is 0 Å². The lowest BCUT2D eigenvalue weighted by molar-refractivity contribution is -0.107. The summed E-state index contributed by atoms with van der Waals surface area (Å²) in [5, 5.41) is 4.55. The maximum absolute atomic E-state index is 6.21. The number of hydrogen-bond acceptors (Lipinski definition) is 3. The zero-order valence-electron chi connectivity index (χ0n) is 12.2. The van der Waals surface area contributed by atoms with Crippen molar-refractivity contribution in [2.24, 2.45) is 0 Å². The van der Waals surface area contributed by atoms with E-state index in [0.29, 0.717) is 21.8 Å². The van der Waals surface area contributed by atoms with Crippen molar-refractivity contribution in [3.8, 4) is 5.75 Å². The first-order valence-electron chi connectivity index (χ1n) is 7.23. The predicted octanol–water partition coefficient (Wildman–Crippen LogP) is 4.68. The molecule has 2 rings (SSSR count). The molecule has 118 valence electrons. The summed E-state index contributed by atoms with van der Waals surface area (Å²) in [5.74, 6) is 0.606. The van der Waals surface area contributed by atoms with Crippen LogP contribution in [-0.2, 0) is 4.74 Å². The summed E-state index contributed by atoms with van der Waals surface area (Å²) in [4.78, 5) is 0. The van der Waals surface area contributed by atoms with Gasteiger partial charge in [-0.1, -0.05) is 37.0 Å². The van der Waals surface area contributed by atoms with Crippen LogP contribution in [0.3, 0.4) is 0 Å². The Morgan fingerprint density at radius 2 is 2.05 bits per heavy atom. The molecule has 1 aliphatic carbocycles. The molecular formula is C15H20BrCl2NO2. The lowest BCUT2D eigenvalue weighted by Gasteiger charge is -2.44. The van der Waals surface area contributed by atoms with Crippen LogP contribution in [-0.4, -0.2) is 31.4 Å². The quantitative estimate of drug-likeness (QED) is 0.678. The number of rotatable bonds is 7. The monoisotopic (exact) mass is 395 g/mol. The second kappa shape index (κ2) is 8.02. The number of halogens is 3. The Bertz CT molecular complexity index is 487. The first-order valence-corrected chi connectivity index (χ1v) is 8.77. The minimum atomic E-state index is 0.00958. The molecule has 0 spiro atoms. The van der Waals surface area contributed by atoms with Gasteiger partial charge >= 0.3 is 0 Å². The van der Waals surface area contributed by atoms with Crippen LogP contribution in [0.2, 0.25) is 10.0 Å². The standard InChI is InChI=1S/C15H20BrCl2NO2/c1-3-5-20-15-12(19-4-2)8-14(15)21-13-7-10(17)9(16)6-11(13)18/h6-7,12,14-15,19H,3-5,8H2,1-2H3. The number of ether oxygens (including phenoxy) is 2. The van der Waals surface area contributed by atoms with E-state index in [4.69, 9.17) is 32.7 Å². The van der Waals surface area contributed by atoms with Gasteiger partial charge in [0.1, 0.15) is 18.0 Å². The van der Waals surface area contributed by atoms with E-state index >= 15 is 0 Å².